The van der Waals surface area contributed by atoms with Crippen molar-refractivity contribution in [1.29, 1.82) is 0 Å². The molecule has 13 heavy (non-hydrogen) atoms. The molecule has 0 bridgehead atoms. The van der Waals surface area contributed by atoms with E-state index in [0.717, 1.165) is 25.9 Å². The number of likely N-dealkylation sites (N-methyl/N-ethyl adjacent to an activating group) is 1. The van der Waals surface area contributed by atoms with E-state index in [1.807, 2.05) is 6.92 Å². The van der Waals surface area contributed by atoms with Crippen LogP contribution in [0, 0.1) is 0 Å². The second kappa shape index (κ2) is 4.58. The zero-order valence-corrected chi connectivity index (χ0v) is 8.42. The number of amides is 1. The third-order valence-corrected chi connectivity index (χ3v) is 2.44. The molecular weight excluding hydrogens is 166 g/mol. The number of carbonyl (C=O) groups excluding carboxylic acids is 1. The molecule has 2 unspecified atom stereocenters. The summed E-state index contributed by atoms with van der Waals surface area (Å²) < 4.78 is 0. The first kappa shape index (κ1) is 10.5. The van der Waals surface area contributed by atoms with E-state index in [9.17, 15) is 4.79 Å². The minimum absolute atomic E-state index is 0.0519. The van der Waals surface area contributed by atoms with Crippen LogP contribution in [0.4, 0.5) is 0 Å². The van der Waals surface area contributed by atoms with Gasteiger partial charge < -0.3 is 11.1 Å². The van der Waals surface area contributed by atoms with Crippen molar-refractivity contribution in [3.8, 4) is 0 Å². The molecule has 1 saturated heterocycles. The molecule has 1 heterocycles. The quantitative estimate of drug-likeness (QED) is 0.626. The second-order valence-electron chi connectivity index (χ2n) is 3.74. The van der Waals surface area contributed by atoms with Crippen molar-refractivity contribution >= 4 is 5.91 Å². The van der Waals surface area contributed by atoms with Gasteiger partial charge in [-0.25, -0.2) is 0 Å². The van der Waals surface area contributed by atoms with Crippen LogP contribution in [0.5, 0.6) is 0 Å². The zero-order chi connectivity index (χ0) is 9.84. The molecule has 4 heteroatoms. The maximum Gasteiger partial charge on any atom is 0.237 e. The van der Waals surface area contributed by atoms with Crippen molar-refractivity contribution in [1.82, 2.24) is 10.2 Å². The smallest absolute Gasteiger partial charge is 0.237 e. The van der Waals surface area contributed by atoms with E-state index in [1.54, 1.807) is 7.05 Å². The number of rotatable bonds is 3. The molecule has 1 aliphatic heterocycles. The van der Waals surface area contributed by atoms with E-state index >= 15 is 0 Å². The van der Waals surface area contributed by atoms with Gasteiger partial charge in [-0.15, -0.1) is 0 Å². The van der Waals surface area contributed by atoms with Crippen LogP contribution in [-0.4, -0.2) is 43.0 Å². The lowest BCUT2D eigenvalue weighted by Crippen LogP contribution is -2.45. The third-order valence-electron chi connectivity index (χ3n) is 2.44. The lowest BCUT2D eigenvalue weighted by Gasteiger charge is -2.24. The van der Waals surface area contributed by atoms with Gasteiger partial charge in [-0.2, -0.15) is 0 Å². The minimum Gasteiger partial charge on any atom is -0.358 e. The highest BCUT2D eigenvalue weighted by Gasteiger charge is 2.29. The van der Waals surface area contributed by atoms with Crippen molar-refractivity contribution in [2.45, 2.75) is 31.8 Å². The molecule has 1 rings (SSSR count). The van der Waals surface area contributed by atoms with Gasteiger partial charge in [-0.3, -0.25) is 9.69 Å². The maximum atomic E-state index is 11.4. The van der Waals surface area contributed by atoms with Crippen LogP contribution in [0.1, 0.15) is 19.8 Å². The first-order chi connectivity index (χ1) is 6.15. The molecule has 0 aromatic heterocycles. The maximum absolute atomic E-state index is 11.4. The second-order valence-corrected chi connectivity index (χ2v) is 3.74. The van der Waals surface area contributed by atoms with Crippen LogP contribution >= 0.6 is 0 Å². The number of hydrogen-bond donors (Lipinski definition) is 2. The lowest BCUT2D eigenvalue weighted by molar-refractivity contribution is -0.125. The van der Waals surface area contributed by atoms with Crippen LogP contribution < -0.4 is 11.1 Å². The predicted molar refractivity (Wildman–Crippen MR) is 52.3 cm³/mol. The summed E-state index contributed by atoms with van der Waals surface area (Å²) in [7, 11) is 1.69. The van der Waals surface area contributed by atoms with Crippen molar-refractivity contribution < 1.29 is 4.79 Å². The number of likely N-dealkylation sites (tertiary alicyclic amines) is 1. The van der Waals surface area contributed by atoms with Crippen LogP contribution in [-0.2, 0) is 4.79 Å². The first-order valence-electron chi connectivity index (χ1n) is 4.86. The van der Waals surface area contributed by atoms with Gasteiger partial charge in [-0.05, 0) is 26.3 Å². The van der Waals surface area contributed by atoms with Gasteiger partial charge >= 0.3 is 0 Å². The molecule has 1 fully saturated rings. The molecule has 76 valence electrons. The fourth-order valence-electron chi connectivity index (χ4n) is 1.88. The topological polar surface area (TPSA) is 58.4 Å². The molecule has 0 radical (unpaired) electrons. The Kier molecular flexibility index (Phi) is 3.69. The van der Waals surface area contributed by atoms with Gasteiger partial charge in [-0.1, -0.05) is 0 Å². The monoisotopic (exact) mass is 185 g/mol. The summed E-state index contributed by atoms with van der Waals surface area (Å²) in [5.74, 6) is 0.123. The zero-order valence-electron chi connectivity index (χ0n) is 8.42. The number of nitrogens with two attached hydrogens (primary N) is 1. The summed E-state index contributed by atoms with van der Waals surface area (Å²) in [5, 5.41) is 2.69. The first-order valence-corrected chi connectivity index (χ1v) is 4.86. The largest absolute Gasteiger partial charge is 0.358 e. The average molecular weight is 185 g/mol. The Labute approximate surface area is 79.5 Å². The fraction of sp³-hybridized carbons (Fsp3) is 0.889. The molecular formula is C9H19N3O. The Morgan fingerprint density at radius 2 is 2.46 bits per heavy atom. The highest BCUT2D eigenvalue weighted by Crippen LogP contribution is 2.16. The van der Waals surface area contributed by atoms with E-state index in [1.165, 1.54) is 0 Å². The SMILES string of the molecule is CNC(=O)C1CCCN1CC(C)N. The van der Waals surface area contributed by atoms with Gasteiger partial charge in [0.05, 0.1) is 6.04 Å². The Bertz CT molecular complexity index is 182. The molecule has 4 nitrogen and oxygen atoms in total. The molecule has 0 aromatic rings. The molecule has 0 spiro atoms. The highest BCUT2D eigenvalue weighted by molar-refractivity contribution is 5.81. The lowest BCUT2D eigenvalue weighted by atomic mass is 10.2. The normalized spacial score (nSPS) is 25.9. The summed E-state index contributed by atoms with van der Waals surface area (Å²) in [6, 6.07) is 0.196. The summed E-state index contributed by atoms with van der Waals surface area (Å²) >= 11 is 0. The average Bonchev–Trinajstić information content (AvgIpc) is 2.50. The van der Waals surface area contributed by atoms with Gasteiger partial charge in [0.2, 0.25) is 5.91 Å². The molecule has 3 N–H and O–H groups in total. The minimum atomic E-state index is 0.0519. The highest BCUT2D eigenvalue weighted by atomic mass is 16.2. The van der Waals surface area contributed by atoms with E-state index in [4.69, 9.17) is 5.73 Å². The van der Waals surface area contributed by atoms with Crippen LogP contribution in [0.25, 0.3) is 0 Å². The van der Waals surface area contributed by atoms with Gasteiger partial charge in [0.15, 0.2) is 0 Å². The third kappa shape index (κ3) is 2.67. The van der Waals surface area contributed by atoms with E-state index in [2.05, 4.69) is 10.2 Å². The number of hydrogen-bond acceptors (Lipinski definition) is 3. The Morgan fingerprint density at radius 3 is 3.00 bits per heavy atom. The van der Waals surface area contributed by atoms with E-state index in [-0.39, 0.29) is 18.0 Å². The fourth-order valence-corrected chi connectivity index (χ4v) is 1.88. The molecule has 0 aliphatic carbocycles. The van der Waals surface area contributed by atoms with Gasteiger partial charge in [0.1, 0.15) is 0 Å². The van der Waals surface area contributed by atoms with Crippen molar-refractivity contribution in [3.63, 3.8) is 0 Å². The summed E-state index contributed by atoms with van der Waals surface area (Å²) in [4.78, 5) is 13.6. The van der Waals surface area contributed by atoms with Crippen LogP contribution in [0.15, 0.2) is 0 Å². The Morgan fingerprint density at radius 1 is 1.77 bits per heavy atom. The summed E-state index contributed by atoms with van der Waals surface area (Å²) in [6.07, 6.45) is 2.07. The number of nitrogens with zero attached hydrogens (tertiary/aromatic N) is 1. The standard InChI is InChI=1S/C9H19N3O/c1-7(10)6-12-5-3-4-8(12)9(13)11-2/h7-8H,3-6,10H2,1-2H3,(H,11,13). The Balaban J connectivity index is 2.48. The predicted octanol–water partition coefficient (Wildman–Crippen LogP) is -0.456. The van der Waals surface area contributed by atoms with Crippen molar-refractivity contribution in [2.75, 3.05) is 20.1 Å². The molecule has 1 aliphatic rings. The molecule has 2 atom stereocenters. The molecule has 1 amide bonds. The van der Waals surface area contributed by atoms with Crippen LogP contribution in [0.2, 0.25) is 0 Å². The van der Waals surface area contributed by atoms with Gasteiger partial charge in [0.25, 0.3) is 0 Å². The van der Waals surface area contributed by atoms with E-state index in [0.29, 0.717) is 0 Å². The number of carbonyl (C=O) groups is 1. The Hall–Kier alpha value is -0.610. The number of nitrogens with one attached hydrogen (secondary N) is 1. The summed E-state index contributed by atoms with van der Waals surface area (Å²) in [6.45, 7) is 3.79. The molecule has 0 aromatic carbocycles. The van der Waals surface area contributed by atoms with E-state index < -0.39 is 0 Å². The van der Waals surface area contributed by atoms with Crippen molar-refractivity contribution in [2.24, 2.45) is 5.73 Å². The van der Waals surface area contributed by atoms with Crippen LogP contribution in [0.3, 0.4) is 0 Å². The summed E-state index contributed by atoms with van der Waals surface area (Å²) in [5.41, 5.74) is 5.70. The van der Waals surface area contributed by atoms with Gasteiger partial charge in [0, 0.05) is 19.6 Å². The van der Waals surface area contributed by atoms with Crippen molar-refractivity contribution in [3.05, 3.63) is 0 Å². The molecule has 0 saturated carbocycles.